The fourth-order valence-electron chi connectivity index (χ4n) is 3.12. The Kier molecular flexibility index (Phi) is 5.51. The zero-order chi connectivity index (χ0) is 16.6. The van der Waals surface area contributed by atoms with Gasteiger partial charge in [0.05, 0.1) is 11.5 Å². The highest BCUT2D eigenvalue weighted by molar-refractivity contribution is 6.05. The Morgan fingerprint density at radius 2 is 2.04 bits per heavy atom. The van der Waals surface area contributed by atoms with Crippen LogP contribution >= 0.6 is 12.4 Å². The van der Waals surface area contributed by atoms with Gasteiger partial charge in [0, 0.05) is 24.5 Å². The van der Waals surface area contributed by atoms with Gasteiger partial charge in [-0.2, -0.15) is 0 Å². The van der Waals surface area contributed by atoms with Crippen LogP contribution in [0, 0.1) is 12.8 Å². The molecule has 1 aromatic carbocycles. The molecule has 3 rings (SSSR count). The second-order valence-electron chi connectivity index (χ2n) is 6.16. The molecule has 2 atom stereocenters. The summed E-state index contributed by atoms with van der Waals surface area (Å²) in [5.41, 5.74) is 7.00. The van der Waals surface area contributed by atoms with Gasteiger partial charge in [0.1, 0.15) is 11.3 Å². The Morgan fingerprint density at radius 3 is 2.75 bits per heavy atom. The molecule has 0 radical (unpaired) electrons. The molecular weight excluding hydrogens is 332 g/mol. The van der Waals surface area contributed by atoms with E-state index >= 15 is 0 Å². The summed E-state index contributed by atoms with van der Waals surface area (Å²) in [4.78, 5) is 25.8. The van der Waals surface area contributed by atoms with Crippen molar-refractivity contribution in [2.75, 3.05) is 13.1 Å². The number of nitrogens with two attached hydrogens (primary N) is 1. The first-order valence-corrected chi connectivity index (χ1v) is 7.72. The number of aliphatic carboxylic acids is 1. The standard InChI is InChI=1S/C17H20N2O4.ClH/c1-10-7-11-3-2-4-14(15(11)23-10)16(20)19-8-12(17(21)22)5-6-13(18)9-19;/h2-4,7,12-13H,5-6,8-9,18H2,1H3,(H,21,22);1H/t12-,13+;/m0./s1. The average Bonchev–Trinajstić information content (AvgIpc) is 2.77. The summed E-state index contributed by atoms with van der Waals surface area (Å²) >= 11 is 0. The van der Waals surface area contributed by atoms with Crippen LogP contribution in [-0.2, 0) is 4.79 Å². The van der Waals surface area contributed by atoms with Crippen LogP contribution in [0.2, 0.25) is 0 Å². The monoisotopic (exact) mass is 352 g/mol. The maximum absolute atomic E-state index is 12.9. The first kappa shape index (κ1) is 18.3. The van der Waals surface area contributed by atoms with Gasteiger partial charge in [-0.25, -0.2) is 0 Å². The first-order valence-electron chi connectivity index (χ1n) is 7.72. The lowest BCUT2D eigenvalue weighted by Gasteiger charge is -2.24. The number of hydrogen-bond donors (Lipinski definition) is 2. The molecule has 1 fully saturated rings. The number of hydrogen-bond acceptors (Lipinski definition) is 4. The van der Waals surface area contributed by atoms with Crippen LogP contribution in [0.25, 0.3) is 11.0 Å². The zero-order valence-electron chi connectivity index (χ0n) is 13.4. The van der Waals surface area contributed by atoms with E-state index in [-0.39, 0.29) is 30.9 Å². The molecule has 24 heavy (non-hydrogen) atoms. The number of halogens is 1. The molecule has 1 amide bonds. The minimum absolute atomic E-state index is 0. The summed E-state index contributed by atoms with van der Waals surface area (Å²) in [5.74, 6) is -0.959. The van der Waals surface area contributed by atoms with Crippen molar-refractivity contribution in [2.24, 2.45) is 11.7 Å². The number of furan rings is 1. The molecule has 0 unspecified atom stereocenters. The Labute approximate surface area is 146 Å². The summed E-state index contributed by atoms with van der Waals surface area (Å²) in [6.07, 6.45) is 1.09. The van der Waals surface area contributed by atoms with Crippen LogP contribution in [0.1, 0.15) is 29.0 Å². The van der Waals surface area contributed by atoms with Gasteiger partial charge in [0.2, 0.25) is 0 Å². The van der Waals surface area contributed by atoms with Crippen LogP contribution in [0.3, 0.4) is 0 Å². The second kappa shape index (κ2) is 7.23. The minimum Gasteiger partial charge on any atom is -0.481 e. The first-order chi connectivity index (χ1) is 11.0. The molecule has 1 aliphatic heterocycles. The van der Waals surface area contributed by atoms with Gasteiger partial charge in [-0.05, 0) is 31.9 Å². The number of likely N-dealkylation sites (tertiary alicyclic amines) is 1. The van der Waals surface area contributed by atoms with E-state index in [1.807, 2.05) is 19.1 Å². The summed E-state index contributed by atoms with van der Waals surface area (Å²) in [5, 5.41) is 10.2. The fraction of sp³-hybridized carbons (Fsp3) is 0.412. The van der Waals surface area contributed by atoms with Crippen molar-refractivity contribution >= 4 is 35.3 Å². The highest BCUT2D eigenvalue weighted by Crippen LogP contribution is 2.25. The molecule has 0 aliphatic carbocycles. The maximum Gasteiger partial charge on any atom is 0.308 e. The van der Waals surface area contributed by atoms with E-state index in [0.717, 1.165) is 11.1 Å². The Morgan fingerprint density at radius 1 is 1.29 bits per heavy atom. The molecule has 1 aromatic heterocycles. The Balaban J connectivity index is 0.00000208. The molecule has 2 aromatic rings. The summed E-state index contributed by atoms with van der Waals surface area (Å²) in [6.45, 7) is 2.37. The smallest absolute Gasteiger partial charge is 0.308 e. The highest BCUT2D eigenvalue weighted by Gasteiger charge is 2.30. The van der Waals surface area contributed by atoms with Crippen molar-refractivity contribution in [3.63, 3.8) is 0 Å². The average molecular weight is 353 g/mol. The normalized spacial score (nSPS) is 21.2. The molecule has 7 heteroatoms. The van der Waals surface area contributed by atoms with Crippen molar-refractivity contribution in [1.82, 2.24) is 4.90 Å². The van der Waals surface area contributed by atoms with Gasteiger partial charge in [-0.3, -0.25) is 9.59 Å². The molecule has 0 bridgehead atoms. The number of benzene rings is 1. The van der Waals surface area contributed by atoms with Crippen molar-refractivity contribution in [2.45, 2.75) is 25.8 Å². The van der Waals surface area contributed by atoms with E-state index in [9.17, 15) is 14.7 Å². The van der Waals surface area contributed by atoms with Crippen molar-refractivity contribution in [1.29, 1.82) is 0 Å². The number of carbonyl (C=O) groups excluding carboxylic acids is 1. The van der Waals surface area contributed by atoms with Gasteiger partial charge in [-0.15, -0.1) is 12.4 Å². The van der Waals surface area contributed by atoms with Crippen LogP contribution in [0.4, 0.5) is 0 Å². The van der Waals surface area contributed by atoms with E-state index in [1.54, 1.807) is 17.0 Å². The quantitative estimate of drug-likeness (QED) is 0.865. The van der Waals surface area contributed by atoms with Gasteiger partial charge < -0.3 is 20.2 Å². The predicted octanol–water partition coefficient (Wildman–Crippen LogP) is 2.43. The van der Waals surface area contributed by atoms with Gasteiger partial charge >= 0.3 is 5.97 Å². The van der Waals surface area contributed by atoms with Gasteiger partial charge in [-0.1, -0.05) is 12.1 Å². The molecule has 0 saturated carbocycles. The number of amides is 1. The zero-order valence-corrected chi connectivity index (χ0v) is 14.2. The summed E-state index contributed by atoms with van der Waals surface area (Å²) < 4.78 is 5.65. The summed E-state index contributed by atoms with van der Waals surface area (Å²) in [7, 11) is 0. The van der Waals surface area contributed by atoms with Crippen molar-refractivity contribution in [3.8, 4) is 0 Å². The third-order valence-corrected chi connectivity index (χ3v) is 4.32. The van der Waals surface area contributed by atoms with Gasteiger partial charge in [0.15, 0.2) is 0 Å². The lowest BCUT2D eigenvalue weighted by atomic mass is 10.0. The number of carboxylic acid groups (broad SMARTS) is 1. The third kappa shape index (κ3) is 3.55. The van der Waals surface area contributed by atoms with E-state index in [0.29, 0.717) is 30.5 Å². The molecule has 1 aliphatic rings. The van der Waals surface area contributed by atoms with Crippen molar-refractivity contribution in [3.05, 3.63) is 35.6 Å². The predicted molar refractivity (Wildman–Crippen MR) is 92.4 cm³/mol. The molecule has 1 saturated heterocycles. The molecule has 6 nitrogen and oxygen atoms in total. The maximum atomic E-state index is 12.9. The van der Waals surface area contributed by atoms with Crippen molar-refractivity contribution < 1.29 is 19.1 Å². The van der Waals surface area contributed by atoms with Crippen LogP contribution in [0.15, 0.2) is 28.7 Å². The number of carboxylic acids is 1. The number of para-hydroxylation sites is 1. The van der Waals surface area contributed by atoms with Crippen LogP contribution in [0.5, 0.6) is 0 Å². The SMILES string of the molecule is Cc1cc2cccc(C(=O)N3C[C@H](N)CC[C@H](C(=O)O)C3)c2o1.Cl. The lowest BCUT2D eigenvalue weighted by molar-refractivity contribution is -0.142. The Hall–Kier alpha value is -2.05. The lowest BCUT2D eigenvalue weighted by Crippen LogP contribution is -2.41. The molecule has 2 heterocycles. The number of fused-ring (bicyclic) bond motifs is 1. The largest absolute Gasteiger partial charge is 0.481 e. The van der Waals surface area contributed by atoms with Crippen LogP contribution < -0.4 is 5.73 Å². The number of carbonyl (C=O) groups is 2. The molecule has 3 N–H and O–H groups in total. The van der Waals surface area contributed by atoms with Crippen LogP contribution in [-0.4, -0.2) is 41.0 Å². The summed E-state index contributed by atoms with van der Waals surface area (Å²) in [6, 6.07) is 7.06. The van der Waals surface area contributed by atoms with E-state index in [1.165, 1.54) is 0 Å². The molecule has 130 valence electrons. The third-order valence-electron chi connectivity index (χ3n) is 4.32. The number of rotatable bonds is 2. The van der Waals surface area contributed by atoms with E-state index in [4.69, 9.17) is 10.2 Å². The fourth-order valence-corrected chi connectivity index (χ4v) is 3.12. The van der Waals surface area contributed by atoms with E-state index < -0.39 is 11.9 Å². The second-order valence-corrected chi connectivity index (χ2v) is 6.16. The highest BCUT2D eigenvalue weighted by atomic mass is 35.5. The molecular formula is C17H21ClN2O4. The van der Waals surface area contributed by atoms with E-state index in [2.05, 4.69) is 0 Å². The Bertz CT molecular complexity index is 758. The topological polar surface area (TPSA) is 96.8 Å². The number of nitrogens with zero attached hydrogens (tertiary/aromatic N) is 1. The van der Waals surface area contributed by atoms with Gasteiger partial charge in [0.25, 0.3) is 5.91 Å². The number of aryl methyl sites for hydroxylation is 1. The molecule has 0 spiro atoms. The minimum atomic E-state index is -0.885.